The minimum Gasteiger partial charge on any atom is -0.497 e. The molecule has 1 aliphatic rings. The lowest BCUT2D eigenvalue weighted by Gasteiger charge is -2.27. The maximum atomic E-state index is 5.35. The quantitative estimate of drug-likeness (QED) is 0.769. The molecule has 1 aromatic rings. The maximum absolute atomic E-state index is 5.35. The first-order valence-corrected chi connectivity index (χ1v) is 7.61. The molecule has 0 radical (unpaired) electrons. The van der Waals surface area contributed by atoms with Gasteiger partial charge < -0.3 is 9.64 Å². The third kappa shape index (κ3) is 3.73. The fraction of sp³-hybridized carbons (Fsp3) is 0.647. The molecule has 0 aliphatic carbocycles. The van der Waals surface area contributed by atoms with Crippen molar-refractivity contribution in [1.29, 1.82) is 0 Å². The summed E-state index contributed by atoms with van der Waals surface area (Å²) < 4.78 is 5.35. The second-order valence-electron chi connectivity index (χ2n) is 5.78. The van der Waals surface area contributed by atoms with E-state index in [1.165, 1.54) is 44.5 Å². The van der Waals surface area contributed by atoms with Gasteiger partial charge in [-0.05, 0) is 61.9 Å². The molecule has 19 heavy (non-hydrogen) atoms. The van der Waals surface area contributed by atoms with E-state index in [-0.39, 0.29) is 0 Å². The third-order valence-electron chi connectivity index (χ3n) is 4.39. The molecule has 1 aliphatic heterocycles. The predicted octanol–water partition coefficient (Wildman–Crippen LogP) is 3.92. The van der Waals surface area contributed by atoms with Crippen molar-refractivity contribution in [3.63, 3.8) is 0 Å². The molecule has 0 N–H and O–H groups in total. The highest BCUT2D eigenvalue weighted by molar-refractivity contribution is 5.31. The van der Waals surface area contributed by atoms with Crippen LogP contribution in [-0.2, 0) is 0 Å². The number of nitrogens with zero attached hydrogens (tertiary/aromatic N) is 1. The zero-order valence-electron chi connectivity index (χ0n) is 12.6. The van der Waals surface area contributed by atoms with E-state index in [0.717, 1.165) is 5.75 Å². The summed E-state index contributed by atoms with van der Waals surface area (Å²) in [6.07, 6.45) is 3.95. The molecule has 0 aromatic heterocycles. The highest BCUT2D eigenvalue weighted by Crippen LogP contribution is 2.31. The first kappa shape index (κ1) is 14.4. The molecule has 2 nitrogen and oxygen atoms in total. The molecule has 106 valence electrons. The number of hydrogen-bond donors (Lipinski definition) is 0. The Kier molecular flexibility index (Phi) is 5.26. The Hall–Kier alpha value is -1.02. The van der Waals surface area contributed by atoms with Gasteiger partial charge in [-0.15, -0.1) is 0 Å². The van der Waals surface area contributed by atoms with Gasteiger partial charge in [0.2, 0.25) is 0 Å². The van der Waals surface area contributed by atoms with Gasteiger partial charge in [0.25, 0.3) is 0 Å². The van der Waals surface area contributed by atoms with Crippen LogP contribution in [0.5, 0.6) is 5.75 Å². The van der Waals surface area contributed by atoms with Crippen LogP contribution in [0.25, 0.3) is 0 Å². The standard InChI is InChI=1S/C17H27NO/c1-4-17(14(2)13-18-10-5-6-11-18)15-8-7-9-16(12-15)19-3/h7-9,12,14,17H,4-6,10-11,13H2,1-3H3. The molecule has 1 saturated heterocycles. The van der Waals surface area contributed by atoms with Gasteiger partial charge >= 0.3 is 0 Å². The fourth-order valence-corrected chi connectivity index (χ4v) is 3.34. The monoisotopic (exact) mass is 261 g/mol. The first-order chi connectivity index (χ1) is 9.24. The van der Waals surface area contributed by atoms with E-state index in [1.807, 2.05) is 6.07 Å². The lowest BCUT2D eigenvalue weighted by molar-refractivity contribution is 0.261. The van der Waals surface area contributed by atoms with Gasteiger partial charge in [0, 0.05) is 6.54 Å². The summed E-state index contributed by atoms with van der Waals surface area (Å²) in [5.74, 6) is 2.32. The summed E-state index contributed by atoms with van der Waals surface area (Å²) in [4.78, 5) is 2.62. The SMILES string of the molecule is CCC(c1cccc(OC)c1)C(C)CN1CCCC1. The van der Waals surface area contributed by atoms with Crippen LogP contribution in [0.2, 0.25) is 0 Å². The van der Waals surface area contributed by atoms with Crippen molar-refractivity contribution in [3.8, 4) is 5.75 Å². The van der Waals surface area contributed by atoms with E-state index in [9.17, 15) is 0 Å². The Labute approximate surface area is 117 Å². The first-order valence-electron chi connectivity index (χ1n) is 7.61. The Morgan fingerprint density at radius 3 is 2.63 bits per heavy atom. The minimum absolute atomic E-state index is 0.635. The highest BCUT2D eigenvalue weighted by atomic mass is 16.5. The van der Waals surface area contributed by atoms with Crippen LogP contribution >= 0.6 is 0 Å². The molecule has 1 fully saturated rings. The van der Waals surface area contributed by atoms with Crippen LogP contribution in [0.15, 0.2) is 24.3 Å². The van der Waals surface area contributed by atoms with Crippen molar-refractivity contribution < 1.29 is 4.74 Å². The number of benzene rings is 1. The Bertz CT molecular complexity index is 385. The number of hydrogen-bond acceptors (Lipinski definition) is 2. The molecule has 0 spiro atoms. The Morgan fingerprint density at radius 2 is 2.00 bits per heavy atom. The molecular weight excluding hydrogens is 234 g/mol. The molecule has 0 saturated carbocycles. The van der Waals surface area contributed by atoms with Gasteiger partial charge in [0.15, 0.2) is 0 Å². The maximum Gasteiger partial charge on any atom is 0.119 e. The molecule has 2 unspecified atom stereocenters. The van der Waals surface area contributed by atoms with Gasteiger partial charge in [0.05, 0.1) is 7.11 Å². The summed E-state index contributed by atoms with van der Waals surface area (Å²) >= 11 is 0. The van der Waals surface area contributed by atoms with Crippen LogP contribution in [0.1, 0.15) is 44.6 Å². The normalized spacial score (nSPS) is 19.3. The second kappa shape index (κ2) is 6.95. The summed E-state index contributed by atoms with van der Waals surface area (Å²) in [5.41, 5.74) is 1.42. The number of rotatable bonds is 6. The van der Waals surface area contributed by atoms with E-state index >= 15 is 0 Å². The molecule has 1 heterocycles. The third-order valence-corrected chi connectivity index (χ3v) is 4.39. The van der Waals surface area contributed by atoms with E-state index < -0.39 is 0 Å². The van der Waals surface area contributed by atoms with Gasteiger partial charge in [-0.2, -0.15) is 0 Å². The van der Waals surface area contributed by atoms with E-state index in [1.54, 1.807) is 7.11 Å². The van der Waals surface area contributed by atoms with Crippen LogP contribution in [0, 0.1) is 5.92 Å². The van der Waals surface area contributed by atoms with Crippen LogP contribution in [0.4, 0.5) is 0 Å². The van der Waals surface area contributed by atoms with Gasteiger partial charge in [-0.1, -0.05) is 26.0 Å². The van der Waals surface area contributed by atoms with E-state index in [4.69, 9.17) is 4.74 Å². The van der Waals surface area contributed by atoms with Crippen LogP contribution < -0.4 is 4.74 Å². The minimum atomic E-state index is 0.635. The number of ether oxygens (including phenoxy) is 1. The average Bonchev–Trinajstić information content (AvgIpc) is 2.92. The van der Waals surface area contributed by atoms with E-state index in [0.29, 0.717) is 11.8 Å². The lowest BCUT2D eigenvalue weighted by atomic mass is 9.85. The summed E-state index contributed by atoms with van der Waals surface area (Å²) in [6.45, 7) is 8.50. The zero-order chi connectivity index (χ0) is 13.7. The van der Waals surface area contributed by atoms with Crippen LogP contribution in [-0.4, -0.2) is 31.6 Å². The summed E-state index contributed by atoms with van der Waals surface area (Å²) in [6, 6.07) is 8.59. The van der Waals surface area contributed by atoms with Gasteiger partial charge in [-0.25, -0.2) is 0 Å². The molecule has 2 rings (SSSR count). The van der Waals surface area contributed by atoms with Gasteiger partial charge in [0.1, 0.15) is 5.75 Å². The number of methoxy groups -OCH3 is 1. The highest BCUT2D eigenvalue weighted by Gasteiger charge is 2.22. The molecular formula is C17H27NO. The average molecular weight is 261 g/mol. The van der Waals surface area contributed by atoms with Crippen molar-refractivity contribution in [1.82, 2.24) is 4.90 Å². The zero-order valence-corrected chi connectivity index (χ0v) is 12.6. The fourth-order valence-electron chi connectivity index (χ4n) is 3.34. The van der Waals surface area contributed by atoms with Gasteiger partial charge in [-0.3, -0.25) is 0 Å². The Morgan fingerprint density at radius 1 is 1.26 bits per heavy atom. The molecule has 2 heteroatoms. The van der Waals surface area contributed by atoms with Crippen molar-refractivity contribution in [2.24, 2.45) is 5.92 Å². The largest absolute Gasteiger partial charge is 0.497 e. The van der Waals surface area contributed by atoms with Crippen molar-refractivity contribution >= 4 is 0 Å². The number of likely N-dealkylation sites (tertiary alicyclic amines) is 1. The lowest BCUT2D eigenvalue weighted by Crippen LogP contribution is -2.28. The molecule has 0 bridgehead atoms. The topological polar surface area (TPSA) is 12.5 Å². The molecule has 2 atom stereocenters. The predicted molar refractivity (Wildman–Crippen MR) is 80.9 cm³/mol. The van der Waals surface area contributed by atoms with Crippen molar-refractivity contribution in [2.75, 3.05) is 26.7 Å². The van der Waals surface area contributed by atoms with Crippen LogP contribution in [0.3, 0.4) is 0 Å². The Balaban J connectivity index is 2.04. The van der Waals surface area contributed by atoms with Crippen molar-refractivity contribution in [2.45, 2.75) is 39.0 Å². The molecule has 1 aromatic carbocycles. The van der Waals surface area contributed by atoms with Crippen molar-refractivity contribution in [3.05, 3.63) is 29.8 Å². The second-order valence-corrected chi connectivity index (χ2v) is 5.78. The summed E-state index contributed by atoms with van der Waals surface area (Å²) in [5, 5.41) is 0. The smallest absolute Gasteiger partial charge is 0.119 e. The van der Waals surface area contributed by atoms with E-state index in [2.05, 4.69) is 36.9 Å². The molecule has 0 amide bonds. The summed E-state index contributed by atoms with van der Waals surface area (Å²) in [7, 11) is 1.74.